The molecule has 1 heterocycles. The fourth-order valence-corrected chi connectivity index (χ4v) is 4.73. The van der Waals surface area contributed by atoms with E-state index < -0.39 is 15.8 Å². The first kappa shape index (κ1) is 16.4. The number of benzene rings is 1. The monoisotopic (exact) mass is 392 g/mol. The zero-order valence-electron chi connectivity index (χ0n) is 11.1. The number of halogens is 2. The molecule has 0 saturated carbocycles. The summed E-state index contributed by atoms with van der Waals surface area (Å²) in [5, 5.41) is 1.88. The van der Waals surface area contributed by atoms with E-state index in [4.69, 9.17) is 5.73 Å². The summed E-state index contributed by atoms with van der Waals surface area (Å²) in [5.74, 6) is -0.600. The van der Waals surface area contributed by atoms with Gasteiger partial charge in [-0.2, -0.15) is 0 Å². The van der Waals surface area contributed by atoms with E-state index >= 15 is 0 Å². The van der Waals surface area contributed by atoms with Crippen molar-refractivity contribution in [3.8, 4) is 0 Å². The van der Waals surface area contributed by atoms with E-state index in [0.29, 0.717) is 6.42 Å². The molecule has 0 fully saturated rings. The van der Waals surface area contributed by atoms with Crippen molar-refractivity contribution in [2.24, 2.45) is 0 Å². The molecule has 1 unspecified atom stereocenters. The Kier molecular flexibility index (Phi) is 5.03. The zero-order chi connectivity index (χ0) is 15.6. The maximum absolute atomic E-state index is 13.4. The molecule has 0 radical (unpaired) electrons. The maximum atomic E-state index is 13.4. The van der Waals surface area contributed by atoms with Gasteiger partial charge in [-0.25, -0.2) is 17.5 Å². The summed E-state index contributed by atoms with van der Waals surface area (Å²) >= 11 is 4.45. The third-order valence-corrected chi connectivity index (χ3v) is 6.06. The number of hydrogen-bond acceptors (Lipinski definition) is 4. The SMILES string of the molecule is CCC(NS(=O)(=O)c1cc(Br)c(F)cc1N)c1cccs1. The highest BCUT2D eigenvalue weighted by Crippen LogP contribution is 2.29. The Hall–Kier alpha value is -0.960. The van der Waals surface area contributed by atoms with Crippen LogP contribution in [0.1, 0.15) is 24.3 Å². The van der Waals surface area contributed by atoms with Gasteiger partial charge in [0, 0.05) is 4.88 Å². The van der Waals surface area contributed by atoms with E-state index in [0.717, 1.165) is 10.9 Å². The Bertz CT molecular complexity index is 733. The van der Waals surface area contributed by atoms with Crippen LogP contribution in [0.15, 0.2) is 39.0 Å². The first-order valence-electron chi connectivity index (χ1n) is 6.15. The van der Waals surface area contributed by atoms with Gasteiger partial charge >= 0.3 is 0 Å². The molecule has 2 aromatic rings. The highest BCUT2D eigenvalue weighted by Gasteiger charge is 2.24. The lowest BCUT2D eigenvalue weighted by atomic mass is 10.2. The zero-order valence-corrected chi connectivity index (χ0v) is 14.4. The molecule has 0 spiro atoms. The second-order valence-corrected chi connectivity index (χ2v) is 7.92. The molecule has 21 heavy (non-hydrogen) atoms. The molecule has 8 heteroatoms. The second-order valence-electron chi connectivity index (χ2n) is 4.40. The highest BCUT2D eigenvalue weighted by molar-refractivity contribution is 9.10. The highest BCUT2D eigenvalue weighted by atomic mass is 79.9. The summed E-state index contributed by atoms with van der Waals surface area (Å²) < 4.78 is 40.9. The van der Waals surface area contributed by atoms with Crippen molar-refractivity contribution in [3.05, 3.63) is 44.8 Å². The van der Waals surface area contributed by atoms with E-state index in [1.165, 1.54) is 17.4 Å². The molecule has 1 atom stereocenters. The van der Waals surface area contributed by atoms with Gasteiger partial charge in [0.1, 0.15) is 10.7 Å². The topological polar surface area (TPSA) is 72.2 Å². The van der Waals surface area contributed by atoms with Crippen molar-refractivity contribution in [2.45, 2.75) is 24.3 Å². The standard InChI is InChI=1S/C13H14BrFN2O2S2/c1-2-11(12-4-3-5-20-12)17-21(18,19)13-6-8(14)9(15)7-10(13)16/h3-7,11,17H,2,16H2,1H3. The number of nitrogen functional groups attached to an aromatic ring is 1. The van der Waals surface area contributed by atoms with Gasteiger partial charge in [0.15, 0.2) is 0 Å². The molecular weight excluding hydrogens is 379 g/mol. The minimum Gasteiger partial charge on any atom is -0.398 e. The van der Waals surface area contributed by atoms with Gasteiger partial charge in [-0.15, -0.1) is 11.3 Å². The van der Waals surface area contributed by atoms with Gasteiger partial charge in [-0.3, -0.25) is 0 Å². The summed E-state index contributed by atoms with van der Waals surface area (Å²) in [6, 6.07) is 5.56. The molecule has 114 valence electrons. The predicted molar refractivity (Wildman–Crippen MR) is 86.2 cm³/mol. The lowest BCUT2D eigenvalue weighted by Gasteiger charge is -2.17. The largest absolute Gasteiger partial charge is 0.398 e. The molecule has 0 bridgehead atoms. The Morgan fingerprint density at radius 3 is 2.76 bits per heavy atom. The summed E-state index contributed by atoms with van der Waals surface area (Å²) in [7, 11) is -3.83. The Morgan fingerprint density at radius 2 is 2.19 bits per heavy atom. The number of hydrogen-bond donors (Lipinski definition) is 2. The predicted octanol–water partition coefficient (Wildman–Crippen LogP) is 3.66. The van der Waals surface area contributed by atoms with Gasteiger partial charge in [0.2, 0.25) is 10.0 Å². The summed E-state index contributed by atoms with van der Waals surface area (Å²) in [5.41, 5.74) is 5.51. The third kappa shape index (κ3) is 3.63. The van der Waals surface area contributed by atoms with Crippen molar-refractivity contribution in [2.75, 3.05) is 5.73 Å². The first-order chi connectivity index (χ1) is 9.85. The summed E-state index contributed by atoms with van der Waals surface area (Å²) in [4.78, 5) is 0.784. The average molecular weight is 393 g/mol. The number of nitrogens with one attached hydrogen (secondary N) is 1. The molecule has 2 rings (SSSR count). The Labute approximate surface area is 135 Å². The number of thiophene rings is 1. The first-order valence-corrected chi connectivity index (χ1v) is 9.31. The number of rotatable bonds is 5. The average Bonchev–Trinajstić information content (AvgIpc) is 2.94. The fraction of sp³-hybridized carbons (Fsp3) is 0.231. The van der Waals surface area contributed by atoms with Gasteiger partial charge in [-0.05, 0) is 45.9 Å². The third-order valence-electron chi connectivity index (χ3n) is 2.93. The van der Waals surface area contributed by atoms with Crippen LogP contribution >= 0.6 is 27.3 Å². The van der Waals surface area contributed by atoms with E-state index in [1.54, 1.807) is 0 Å². The minimum atomic E-state index is -3.83. The molecule has 0 amide bonds. The van der Waals surface area contributed by atoms with Gasteiger partial charge < -0.3 is 5.73 Å². The normalized spacial score (nSPS) is 13.3. The number of sulfonamides is 1. The molecule has 3 N–H and O–H groups in total. The molecule has 1 aromatic heterocycles. The van der Waals surface area contributed by atoms with Crippen LogP contribution in [0.5, 0.6) is 0 Å². The maximum Gasteiger partial charge on any atom is 0.243 e. The van der Waals surface area contributed by atoms with Crippen LogP contribution in [-0.2, 0) is 10.0 Å². The van der Waals surface area contributed by atoms with Crippen LogP contribution in [0.25, 0.3) is 0 Å². The van der Waals surface area contributed by atoms with Crippen LogP contribution in [-0.4, -0.2) is 8.42 Å². The van der Waals surface area contributed by atoms with Crippen LogP contribution < -0.4 is 10.5 Å². The van der Waals surface area contributed by atoms with Crippen molar-refractivity contribution >= 4 is 43.0 Å². The van der Waals surface area contributed by atoms with Gasteiger partial charge in [0.05, 0.1) is 16.2 Å². The quantitative estimate of drug-likeness (QED) is 0.762. The molecule has 0 aliphatic rings. The smallest absolute Gasteiger partial charge is 0.243 e. The second kappa shape index (κ2) is 6.43. The molecule has 4 nitrogen and oxygen atoms in total. The van der Waals surface area contributed by atoms with Crippen LogP contribution in [0.4, 0.5) is 10.1 Å². The number of anilines is 1. The van der Waals surface area contributed by atoms with E-state index in [1.807, 2.05) is 24.4 Å². The molecule has 0 aliphatic carbocycles. The van der Waals surface area contributed by atoms with Crippen LogP contribution in [0, 0.1) is 5.82 Å². The molecule has 0 aliphatic heterocycles. The van der Waals surface area contributed by atoms with Gasteiger partial charge in [0.25, 0.3) is 0 Å². The molecule has 1 aromatic carbocycles. The minimum absolute atomic E-state index is 0.0567. The van der Waals surface area contributed by atoms with Crippen molar-refractivity contribution in [3.63, 3.8) is 0 Å². The summed E-state index contributed by atoms with van der Waals surface area (Å²) in [6.45, 7) is 1.89. The van der Waals surface area contributed by atoms with E-state index in [-0.39, 0.29) is 21.1 Å². The van der Waals surface area contributed by atoms with Gasteiger partial charge in [-0.1, -0.05) is 13.0 Å². The Balaban J connectivity index is 2.36. The van der Waals surface area contributed by atoms with E-state index in [9.17, 15) is 12.8 Å². The molecule has 0 saturated heterocycles. The summed E-state index contributed by atoms with van der Waals surface area (Å²) in [6.07, 6.45) is 0.599. The number of nitrogens with two attached hydrogens (primary N) is 1. The van der Waals surface area contributed by atoms with Crippen molar-refractivity contribution in [1.29, 1.82) is 0 Å². The van der Waals surface area contributed by atoms with Crippen molar-refractivity contribution < 1.29 is 12.8 Å². The Morgan fingerprint density at radius 1 is 1.48 bits per heavy atom. The van der Waals surface area contributed by atoms with Crippen LogP contribution in [0.2, 0.25) is 0 Å². The van der Waals surface area contributed by atoms with Crippen molar-refractivity contribution in [1.82, 2.24) is 4.72 Å². The lowest BCUT2D eigenvalue weighted by molar-refractivity contribution is 0.553. The van der Waals surface area contributed by atoms with E-state index in [2.05, 4.69) is 20.7 Å². The lowest BCUT2D eigenvalue weighted by Crippen LogP contribution is -2.28. The molecular formula is C13H14BrFN2O2S2. The van der Waals surface area contributed by atoms with Crippen LogP contribution in [0.3, 0.4) is 0 Å². The fourth-order valence-electron chi connectivity index (χ4n) is 1.86.